The molecule has 4 aliphatic carbocycles. The molecule has 9 rings (SSSR count). The molecule has 238 valence electrons. The van der Waals surface area contributed by atoms with E-state index in [0.717, 1.165) is 12.8 Å². The van der Waals surface area contributed by atoms with Gasteiger partial charge in [0, 0.05) is 12.0 Å². The Kier molecular flexibility index (Phi) is 7.54. The largest absolute Gasteiger partial charge is 0.326 e. The monoisotopic (exact) mass is 592 g/mol. The quantitative estimate of drug-likeness (QED) is 0.202. The Hall–Kier alpha value is -0.870. The van der Waals surface area contributed by atoms with E-state index >= 15 is 0 Å². The minimum atomic E-state index is -0.119. The van der Waals surface area contributed by atoms with Crippen molar-refractivity contribution < 1.29 is 0 Å². The number of nitrogens with zero attached hydrogens (tertiary/aromatic N) is 1. The zero-order valence-electron chi connectivity index (χ0n) is 25.8. The lowest BCUT2D eigenvalue weighted by atomic mass is 9.69. The summed E-state index contributed by atoms with van der Waals surface area (Å²) >= 11 is 0. The number of nitriles is 1. The van der Waals surface area contributed by atoms with Gasteiger partial charge in [-0.15, -0.1) is 0 Å². The Balaban J connectivity index is 1.07. The summed E-state index contributed by atoms with van der Waals surface area (Å²) in [6.45, 7) is 0. The fourth-order valence-electron chi connectivity index (χ4n) is 12.3. The van der Waals surface area contributed by atoms with Crippen LogP contribution in [0.1, 0.15) is 89.9 Å². The van der Waals surface area contributed by atoms with Gasteiger partial charge in [0.25, 0.3) is 0 Å². The number of hydrogen-bond acceptors (Lipinski definition) is 10. The van der Waals surface area contributed by atoms with Gasteiger partial charge in [-0.3, -0.25) is 42.5 Å². The summed E-state index contributed by atoms with van der Waals surface area (Å²) in [6, 6.07) is 2.66. The van der Waals surface area contributed by atoms with Crippen molar-refractivity contribution in [3.63, 3.8) is 0 Å². The molecule has 0 amide bonds. The highest BCUT2D eigenvalue weighted by Gasteiger charge is 2.56. The number of hydrogen-bond donors (Lipinski definition) is 9. The summed E-state index contributed by atoms with van der Waals surface area (Å²) in [5.41, 5.74) is 6.66. The molecule has 10 heteroatoms. The van der Waals surface area contributed by atoms with Gasteiger partial charge in [0.2, 0.25) is 0 Å². The van der Waals surface area contributed by atoms with Crippen LogP contribution in [-0.4, -0.2) is 55.4 Å². The molecule has 10 N–H and O–H groups in total. The standard InChI is InChI=1S/C33H56N10/c34-15-23-24(35)14-13-22-25(23)33-42-31-21-12-6-5-11-20(21)29(40-31)38-27-17-8-2-1-7-16(17)26(36-27)37-28-18-9-3-4-10-19(18)30(39-28)41-32(22)43-33/h16-33,36-43H,1-14,35H2. The van der Waals surface area contributed by atoms with Gasteiger partial charge in [0.15, 0.2) is 0 Å². The van der Waals surface area contributed by atoms with E-state index in [-0.39, 0.29) is 42.5 Å². The zero-order valence-corrected chi connectivity index (χ0v) is 25.8. The van der Waals surface area contributed by atoms with Crippen molar-refractivity contribution >= 4 is 0 Å². The Labute approximate surface area is 257 Å². The summed E-state index contributed by atoms with van der Waals surface area (Å²) in [6.07, 6.45) is 20.1. The molecule has 0 aromatic rings. The maximum atomic E-state index is 10.4. The maximum absolute atomic E-state index is 10.4. The van der Waals surface area contributed by atoms with Crippen molar-refractivity contribution in [2.45, 2.75) is 145 Å². The average Bonchev–Trinajstić information content (AvgIpc) is 3.76. The molecule has 0 spiro atoms. The topological polar surface area (TPSA) is 146 Å². The summed E-state index contributed by atoms with van der Waals surface area (Å²) in [5.74, 6) is 4.46. The van der Waals surface area contributed by atoms with Crippen LogP contribution in [0.25, 0.3) is 0 Å². The summed E-state index contributed by atoms with van der Waals surface area (Å²) < 4.78 is 0. The van der Waals surface area contributed by atoms with E-state index in [2.05, 4.69) is 48.6 Å². The first-order valence-corrected chi connectivity index (χ1v) is 18.4. The number of nitrogens with one attached hydrogen (secondary N) is 8. The Bertz CT molecular complexity index is 1060. The van der Waals surface area contributed by atoms with Gasteiger partial charge in [0.05, 0.1) is 61.3 Å². The van der Waals surface area contributed by atoms with E-state index in [1.807, 2.05) is 0 Å². The van der Waals surface area contributed by atoms with Crippen molar-refractivity contribution in [2.24, 2.45) is 59.0 Å². The highest BCUT2D eigenvalue weighted by molar-refractivity contribution is 5.12. The van der Waals surface area contributed by atoms with Gasteiger partial charge in [-0.2, -0.15) is 5.26 Å². The second kappa shape index (κ2) is 11.4. The van der Waals surface area contributed by atoms with E-state index in [0.29, 0.717) is 66.1 Å². The first-order valence-electron chi connectivity index (χ1n) is 18.4. The average molecular weight is 593 g/mol. The lowest BCUT2D eigenvalue weighted by molar-refractivity contribution is 0.134. The van der Waals surface area contributed by atoms with Gasteiger partial charge < -0.3 is 5.73 Å². The fraction of sp³-hybridized carbons (Fsp3) is 0.970. The van der Waals surface area contributed by atoms with E-state index in [1.165, 1.54) is 77.0 Å². The van der Waals surface area contributed by atoms with E-state index < -0.39 is 0 Å². The first-order chi connectivity index (χ1) is 21.2. The van der Waals surface area contributed by atoms with Gasteiger partial charge in [-0.05, 0) is 92.8 Å². The summed E-state index contributed by atoms with van der Waals surface area (Å²) in [4.78, 5) is 0. The molecule has 18 unspecified atom stereocenters. The first kappa shape index (κ1) is 28.4. The molecule has 43 heavy (non-hydrogen) atoms. The molecule has 10 nitrogen and oxygen atoms in total. The highest BCUT2D eigenvalue weighted by Crippen LogP contribution is 2.46. The van der Waals surface area contributed by atoms with Crippen LogP contribution >= 0.6 is 0 Å². The van der Waals surface area contributed by atoms with Crippen LogP contribution in [-0.2, 0) is 0 Å². The van der Waals surface area contributed by atoms with Crippen molar-refractivity contribution in [2.75, 3.05) is 0 Å². The summed E-state index contributed by atoms with van der Waals surface area (Å²) in [7, 11) is 0. The number of rotatable bonds is 0. The van der Waals surface area contributed by atoms with Crippen LogP contribution in [0.3, 0.4) is 0 Å². The minimum absolute atomic E-state index is 0.0374. The van der Waals surface area contributed by atoms with Gasteiger partial charge in [0.1, 0.15) is 0 Å². The number of fused-ring (bicyclic) bond motifs is 20. The molecule has 0 aromatic carbocycles. The third-order valence-electron chi connectivity index (χ3n) is 14.2. The second-order valence-corrected chi connectivity index (χ2v) is 16.1. The van der Waals surface area contributed by atoms with Crippen LogP contribution < -0.4 is 48.3 Å². The molecule has 9 fully saturated rings. The normalized spacial score (nSPS) is 57.7. The van der Waals surface area contributed by atoms with Crippen LogP contribution in [0.2, 0.25) is 0 Å². The second-order valence-electron chi connectivity index (χ2n) is 16.1. The smallest absolute Gasteiger partial charge is 0.0676 e. The molecule has 18 atom stereocenters. The molecule has 4 saturated carbocycles. The molecule has 8 bridgehead atoms. The Morgan fingerprint density at radius 3 is 1.02 bits per heavy atom. The molecular formula is C33H56N10. The molecule has 0 radical (unpaired) electrons. The van der Waals surface area contributed by atoms with Crippen LogP contribution in [0.15, 0.2) is 0 Å². The highest BCUT2D eigenvalue weighted by atomic mass is 15.4. The molecular weight excluding hydrogens is 536 g/mol. The van der Waals surface area contributed by atoms with Crippen LogP contribution in [0, 0.1) is 64.6 Å². The lowest BCUT2D eigenvalue weighted by Crippen LogP contribution is -2.62. The van der Waals surface area contributed by atoms with Gasteiger partial charge in [-0.1, -0.05) is 38.5 Å². The summed E-state index contributed by atoms with van der Waals surface area (Å²) in [5, 5.41) is 43.6. The molecule has 5 saturated heterocycles. The lowest BCUT2D eigenvalue weighted by Gasteiger charge is -2.39. The SMILES string of the molecule is N#CC1C(N)CCC2C3NC4NC(NC5NC(NC6NC(NC(N3)C12)C1CCCCC61)C1CCCCC51)C1CCCCC41. The van der Waals surface area contributed by atoms with Crippen molar-refractivity contribution in [3.8, 4) is 6.07 Å². The van der Waals surface area contributed by atoms with E-state index in [1.54, 1.807) is 0 Å². The van der Waals surface area contributed by atoms with Crippen LogP contribution in [0.4, 0.5) is 0 Å². The predicted octanol–water partition coefficient (Wildman–Crippen LogP) is 1.29. The number of nitrogens with two attached hydrogens (primary N) is 1. The zero-order chi connectivity index (χ0) is 28.7. The third-order valence-corrected chi connectivity index (χ3v) is 14.2. The maximum Gasteiger partial charge on any atom is 0.0676 e. The van der Waals surface area contributed by atoms with Gasteiger partial charge >= 0.3 is 0 Å². The minimum Gasteiger partial charge on any atom is -0.326 e. The van der Waals surface area contributed by atoms with Crippen molar-refractivity contribution in [3.05, 3.63) is 0 Å². The third kappa shape index (κ3) is 4.75. The van der Waals surface area contributed by atoms with Crippen molar-refractivity contribution in [1.29, 1.82) is 5.26 Å². The predicted molar refractivity (Wildman–Crippen MR) is 165 cm³/mol. The fourth-order valence-corrected chi connectivity index (χ4v) is 12.3. The van der Waals surface area contributed by atoms with Crippen molar-refractivity contribution in [1.82, 2.24) is 42.5 Å². The van der Waals surface area contributed by atoms with Crippen LogP contribution in [0.5, 0.6) is 0 Å². The molecule has 0 aromatic heterocycles. The van der Waals surface area contributed by atoms with Gasteiger partial charge in [-0.25, -0.2) is 0 Å². The Morgan fingerprint density at radius 2 is 0.698 bits per heavy atom. The van der Waals surface area contributed by atoms with E-state index in [4.69, 9.17) is 5.73 Å². The molecule has 9 aliphatic rings. The molecule has 5 heterocycles. The Morgan fingerprint density at radius 1 is 0.395 bits per heavy atom. The molecule has 5 aliphatic heterocycles. The van der Waals surface area contributed by atoms with E-state index in [9.17, 15) is 5.26 Å².